The minimum atomic E-state index is 0.543. The highest BCUT2D eigenvalue weighted by molar-refractivity contribution is 7.98. The minimum Gasteiger partial charge on any atom is -0.307 e. The van der Waals surface area contributed by atoms with Gasteiger partial charge in [-0.3, -0.25) is 9.38 Å². The van der Waals surface area contributed by atoms with Gasteiger partial charge in [0.25, 0.3) is 0 Å². The normalized spacial score (nSPS) is 10.8. The SMILES string of the molecule is NNc1cnc(CSc2nnc3ccccn23)cn1. The number of nitrogens with two attached hydrogens (primary N) is 1. The molecule has 0 atom stereocenters. The quantitative estimate of drug-likeness (QED) is 0.417. The largest absolute Gasteiger partial charge is 0.307 e. The zero-order chi connectivity index (χ0) is 13.1. The van der Waals surface area contributed by atoms with E-state index in [1.54, 1.807) is 24.2 Å². The van der Waals surface area contributed by atoms with Crippen molar-refractivity contribution in [2.24, 2.45) is 5.84 Å². The average Bonchev–Trinajstić information content (AvgIpc) is 2.89. The van der Waals surface area contributed by atoms with E-state index >= 15 is 0 Å². The zero-order valence-electron chi connectivity index (χ0n) is 9.89. The van der Waals surface area contributed by atoms with E-state index in [-0.39, 0.29) is 0 Å². The summed E-state index contributed by atoms with van der Waals surface area (Å²) in [6.07, 6.45) is 5.22. The van der Waals surface area contributed by atoms with Crippen LogP contribution in [-0.2, 0) is 5.75 Å². The summed E-state index contributed by atoms with van der Waals surface area (Å²) in [5.41, 5.74) is 4.13. The molecule has 0 bridgehead atoms. The van der Waals surface area contributed by atoms with Crippen molar-refractivity contribution in [2.45, 2.75) is 10.9 Å². The molecule has 0 saturated heterocycles. The zero-order valence-corrected chi connectivity index (χ0v) is 10.7. The summed E-state index contributed by atoms with van der Waals surface area (Å²) in [5, 5.41) is 9.06. The number of nitrogen functional groups attached to an aromatic ring is 1. The Balaban J connectivity index is 1.74. The van der Waals surface area contributed by atoms with Crippen molar-refractivity contribution >= 4 is 23.2 Å². The molecule has 0 aromatic carbocycles. The number of fused-ring (bicyclic) bond motifs is 1. The first kappa shape index (κ1) is 11.9. The van der Waals surface area contributed by atoms with Gasteiger partial charge in [0.15, 0.2) is 16.6 Å². The highest BCUT2D eigenvalue weighted by Gasteiger charge is 2.06. The molecule has 0 aliphatic carbocycles. The molecule has 0 unspecified atom stereocenters. The van der Waals surface area contributed by atoms with Gasteiger partial charge in [0.1, 0.15) is 0 Å². The molecule has 8 heteroatoms. The van der Waals surface area contributed by atoms with Crippen LogP contribution in [0.15, 0.2) is 41.9 Å². The molecule has 0 aliphatic heterocycles. The van der Waals surface area contributed by atoms with Gasteiger partial charge in [-0.15, -0.1) is 10.2 Å². The van der Waals surface area contributed by atoms with Crippen LogP contribution in [-0.4, -0.2) is 24.6 Å². The summed E-state index contributed by atoms with van der Waals surface area (Å²) < 4.78 is 1.94. The van der Waals surface area contributed by atoms with Crippen LogP contribution in [0.4, 0.5) is 5.82 Å². The Kier molecular flexibility index (Phi) is 3.25. The van der Waals surface area contributed by atoms with Gasteiger partial charge in [0.2, 0.25) is 0 Å². The molecule has 19 heavy (non-hydrogen) atoms. The van der Waals surface area contributed by atoms with Gasteiger partial charge >= 0.3 is 0 Å². The Bertz CT molecular complexity index is 679. The Hall–Kier alpha value is -2.19. The van der Waals surface area contributed by atoms with E-state index in [1.807, 2.05) is 28.8 Å². The smallest absolute Gasteiger partial charge is 0.195 e. The lowest BCUT2D eigenvalue weighted by Gasteiger charge is -2.01. The van der Waals surface area contributed by atoms with Gasteiger partial charge in [-0.1, -0.05) is 17.8 Å². The molecule has 0 amide bonds. The van der Waals surface area contributed by atoms with Crippen LogP contribution in [0.5, 0.6) is 0 Å². The van der Waals surface area contributed by atoms with Crippen LogP contribution >= 0.6 is 11.8 Å². The van der Waals surface area contributed by atoms with Crippen LogP contribution in [0.2, 0.25) is 0 Å². The number of nitrogens with one attached hydrogen (secondary N) is 1. The predicted molar refractivity (Wildman–Crippen MR) is 72.4 cm³/mol. The Morgan fingerprint density at radius 2 is 2.16 bits per heavy atom. The predicted octanol–water partition coefficient (Wildman–Crippen LogP) is 1.10. The molecule has 3 aromatic heterocycles. The first-order valence-corrected chi connectivity index (χ1v) is 6.55. The van der Waals surface area contributed by atoms with Crippen molar-refractivity contribution in [1.29, 1.82) is 0 Å². The highest BCUT2D eigenvalue weighted by atomic mass is 32.2. The number of hydrazine groups is 1. The number of nitrogens with zero attached hydrogens (tertiary/aromatic N) is 5. The molecule has 3 heterocycles. The summed E-state index contributed by atoms with van der Waals surface area (Å²) in [5.74, 6) is 6.45. The monoisotopic (exact) mass is 273 g/mol. The molecule has 0 aliphatic rings. The third kappa shape index (κ3) is 2.49. The molecule has 3 aromatic rings. The summed E-state index contributed by atoms with van der Waals surface area (Å²) in [6, 6.07) is 5.79. The van der Waals surface area contributed by atoms with Gasteiger partial charge in [0.05, 0.1) is 18.1 Å². The second kappa shape index (κ2) is 5.21. The van der Waals surface area contributed by atoms with E-state index in [0.717, 1.165) is 16.5 Å². The Morgan fingerprint density at radius 1 is 1.21 bits per heavy atom. The van der Waals surface area contributed by atoms with Crippen LogP contribution < -0.4 is 11.3 Å². The van der Waals surface area contributed by atoms with Crippen molar-refractivity contribution in [3.05, 3.63) is 42.5 Å². The van der Waals surface area contributed by atoms with Crippen LogP contribution in [0.25, 0.3) is 5.65 Å². The highest BCUT2D eigenvalue weighted by Crippen LogP contribution is 2.20. The lowest BCUT2D eigenvalue weighted by Crippen LogP contribution is -2.08. The van der Waals surface area contributed by atoms with Crippen LogP contribution in [0, 0.1) is 0 Å². The average molecular weight is 273 g/mol. The fraction of sp³-hybridized carbons (Fsp3) is 0.0909. The van der Waals surface area contributed by atoms with E-state index in [2.05, 4.69) is 25.6 Å². The molecular weight excluding hydrogens is 262 g/mol. The summed E-state index contributed by atoms with van der Waals surface area (Å²) in [6.45, 7) is 0. The first-order chi connectivity index (χ1) is 9.36. The molecule has 0 spiro atoms. The lowest BCUT2D eigenvalue weighted by molar-refractivity contribution is 0.919. The van der Waals surface area contributed by atoms with Crippen molar-refractivity contribution < 1.29 is 0 Å². The number of rotatable bonds is 4. The van der Waals surface area contributed by atoms with Crippen molar-refractivity contribution in [2.75, 3.05) is 5.43 Å². The van der Waals surface area contributed by atoms with Crippen LogP contribution in [0.1, 0.15) is 5.69 Å². The molecule has 0 radical (unpaired) electrons. The van der Waals surface area contributed by atoms with Gasteiger partial charge in [-0.05, 0) is 12.1 Å². The third-order valence-corrected chi connectivity index (χ3v) is 3.46. The van der Waals surface area contributed by atoms with Gasteiger partial charge < -0.3 is 5.43 Å². The second-order valence-electron chi connectivity index (χ2n) is 3.74. The van der Waals surface area contributed by atoms with Crippen molar-refractivity contribution in [3.63, 3.8) is 0 Å². The second-order valence-corrected chi connectivity index (χ2v) is 4.68. The number of aromatic nitrogens is 5. The molecule has 3 N–H and O–H groups in total. The molecule has 7 nitrogen and oxygen atoms in total. The van der Waals surface area contributed by atoms with Crippen molar-refractivity contribution in [3.8, 4) is 0 Å². The topological polar surface area (TPSA) is 94.0 Å². The van der Waals surface area contributed by atoms with E-state index in [4.69, 9.17) is 5.84 Å². The minimum absolute atomic E-state index is 0.543. The number of hydrogen-bond acceptors (Lipinski definition) is 7. The van der Waals surface area contributed by atoms with E-state index in [1.165, 1.54) is 0 Å². The molecule has 96 valence electrons. The van der Waals surface area contributed by atoms with Gasteiger partial charge in [-0.2, -0.15) is 0 Å². The lowest BCUT2D eigenvalue weighted by atomic mass is 10.5. The van der Waals surface area contributed by atoms with Crippen molar-refractivity contribution in [1.82, 2.24) is 24.6 Å². The fourth-order valence-electron chi connectivity index (χ4n) is 1.56. The summed E-state index contributed by atoms with van der Waals surface area (Å²) >= 11 is 1.56. The number of pyridine rings is 1. The van der Waals surface area contributed by atoms with Gasteiger partial charge in [0, 0.05) is 11.9 Å². The molecular formula is C11H11N7S. The molecule has 0 saturated carbocycles. The van der Waals surface area contributed by atoms with E-state index < -0.39 is 0 Å². The summed E-state index contributed by atoms with van der Waals surface area (Å²) in [7, 11) is 0. The Morgan fingerprint density at radius 3 is 2.95 bits per heavy atom. The maximum Gasteiger partial charge on any atom is 0.195 e. The fourth-order valence-corrected chi connectivity index (χ4v) is 2.38. The number of thioether (sulfide) groups is 1. The third-order valence-electron chi connectivity index (χ3n) is 2.48. The Labute approximate surface area is 113 Å². The first-order valence-electron chi connectivity index (χ1n) is 5.57. The van der Waals surface area contributed by atoms with E-state index in [0.29, 0.717) is 11.6 Å². The maximum absolute atomic E-state index is 5.23. The molecule has 3 rings (SSSR count). The van der Waals surface area contributed by atoms with E-state index in [9.17, 15) is 0 Å². The van der Waals surface area contributed by atoms with Crippen LogP contribution in [0.3, 0.4) is 0 Å². The number of hydrogen-bond donors (Lipinski definition) is 2. The standard InChI is InChI=1S/C11H11N7S/c12-15-9-6-13-8(5-14-9)7-19-11-17-16-10-3-1-2-4-18(10)11/h1-6H,7,12H2,(H,14,15). The molecule has 0 fully saturated rings. The maximum atomic E-state index is 5.23. The van der Waals surface area contributed by atoms with Gasteiger partial charge in [-0.25, -0.2) is 10.8 Å². The number of anilines is 1. The summed E-state index contributed by atoms with van der Waals surface area (Å²) in [4.78, 5) is 8.35.